The van der Waals surface area contributed by atoms with Crippen LogP contribution in [0.5, 0.6) is 5.75 Å². The van der Waals surface area contributed by atoms with Gasteiger partial charge in [0.25, 0.3) is 5.96 Å². The molecular weight excluding hydrogens is 310 g/mol. The number of ether oxygens (including phenoxy) is 1. The Bertz CT molecular complexity index is 729. The Hall–Kier alpha value is -3.42. The molecule has 2 rings (SSSR count). The van der Waals surface area contributed by atoms with Gasteiger partial charge in [0, 0.05) is 0 Å². The van der Waals surface area contributed by atoms with Crippen molar-refractivity contribution in [2.24, 2.45) is 15.9 Å². The van der Waals surface area contributed by atoms with E-state index in [2.05, 4.69) is 10.2 Å². The summed E-state index contributed by atoms with van der Waals surface area (Å²) in [7, 11) is 1.58. The molecule has 0 saturated heterocycles. The SMILES string of the molecule is COc1ccc(/C=N/N(Cc2ccccc2)/C(N)=N/[N+](=O)[O-])cc1. The molecule has 0 radical (unpaired) electrons. The van der Waals surface area contributed by atoms with Gasteiger partial charge in [-0.05, 0) is 35.4 Å². The van der Waals surface area contributed by atoms with E-state index in [1.807, 2.05) is 42.5 Å². The molecule has 2 N–H and O–H groups in total. The average Bonchev–Trinajstić information content (AvgIpc) is 2.59. The van der Waals surface area contributed by atoms with Crippen molar-refractivity contribution in [1.82, 2.24) is 5.01 Å². The van der Waals surface area contributed by atoms with Crippen LogP contribution < -0.4 is 10.5 Å². The smallest absolute Gasteiger partial charge is 0.289 e. The van der Waals surface area contributed by atoms with Gasteiger partial charge in [-0.25, -0.2) is 15.1 Å². The number of benzene rings is 2. The van der Waals surface area contributed by atoms with E-state index in [9.17, 15) is 10.1 Å². The van der Waals surface area contributed by atoms with E-state index in [4.69, 9.17) is 10.5 Å². The highest BCUT2D eigenvalue weighted by Gasteiger charge is 2.11. The van der Waals surface area contributed by atoms with Crippen molar-refractivity contribution >= 4 is 12.2 Å². The zero-order valence-corrected chi connectivity index (χ0v) is 13.1. The first-order valence-corrected chi connectivity index (χ1v) is 7.06. The Kier molecular flexibility index (Phi) is 5.84. The van der Waals surface area contributed by atoms with Crippen LogP contribution in [0.15, 0.2) is 64.8 Å². The average molecular weight is 327 g/mol. The summed E-state index contributed by atoms with van der Waals surface area (Å²) in [5, 5.41) is 18.3. The molecule has 2 aromatic rings. The topological polar surface area (TPSA) is 106 Å². The summed E-state index contributed by atoms with van der Waals surface area (Å²) in [6.07, 6.45) is 1.55. The third kappa shape index (κ3) is 5.09. The first-order chi connectivity index (χ1) is 11.6. The van der Waals surface area contributed by atoms with Gasteiger partial charge >= 0.3 is 0 Å². The maximum atomic E-state index is 10.6. The second kappa shape index (κ2) is 8.28. The lowest BCUT2D eigenvalue weighted by atomic mass is 10.2. The first-order valence-electron chi connectivity index (χ1n) is 7.06. The second-order valence-electron chi connectivity index (χ2n) is 4.76. The lowest BCUT2D eigenvalue weighted by Gasteiger charge is -2.15. The normalized spacial score (nSPS) is 11.5. The Morgan fingerprint density at radius 3 is 2.50 bits per heavy atom. The van der Waals surface area contributed by atoms with Gasteiger partial charge in [-0.15, -0.1) is 0 Å². The zero-order valence-electron chi connectivity index (χ0n) is 13.1. The number of hydrogen-bond donors (Lipinski definition) is 1. The molecule has 0 aliphatic heterocycles. The summed E-state index contributed by atoms with van der Waals surface area (Å²) < 4.78 is 5.09. The van der Waals surface area contributed by atoms with Crippen LogP contribution in [0.2, 0.25) is 0 Å². The number of hydrazone groups is 2. The molecule has 0 fully saturated rings. The summed E-state index contributed by atoms with van der Waals surface area (Å²) in [5.41, 5.74) is 7.37. The molecule has 24 heavy (non-hydrogen) atoms. The Morgan fingerprint density at radius 2 is 1.92 bits per heavy atom. The predicted octanol–water partition coefficient (Wildman–Crippen LogP) is 2.04. The van der Waals surface area contributed by atoms with Crippen LogP contribution in [-0.2, 0) is 6.54 Å². The van der Waals surface area contributed by atoms with Gasteiger partial charge in [0.2, 0.25) is 0 Å². The number of hydrogen-bond acceptors (Lipinski definition) is 4. The number of nitro groups is 1. The highest BCUT2D eigenvalue weighted by molar-refractivity contribution is 5.83. The van der Waals surface area contributed by atoms with Crippen LogP contribution in [0.1, 0.15) is 11.1 Å². The molecule has 8 heteroatoms. The molecule has 0 heterocycles. The fourth-order valence-corrected chi connectivity index (χ4v) is 1.90. The summed E-state index contributed by atoms with van der Waals surface area (Å²) in [6, 6.07) is 16.5. The van der Waals surface area contributed by atoms with Crippen molar-refractivity contribution < 1.29 is 9.77 Å². The molecule has 0 spiro atoms. The van der Waals surface area contributed by atoms with Crippen LogP contribution in [0.25, 0.3) is 0 Å². The molecular formula is C16H17N5O3. The Balaban J connectivity index is 2.20. The van der Waals surface area contributed by atoms with E-state index >= 15 is 0 Å². The molecule has 0 atom stereocenters. The lowest BCUT2D eigenvalue weighted by Crippen LogP contribution is -2.33. The highest BCUT2D eigenvalue weighted by Crippen LogP contribution is 2.10. The maximum Gasteiger partial charge on any atom is 0.289 e. The van der Waals surface area contributed by atoms with Crippen LogP contribution in [0.4, 0.5) is 0 Å². The summed E-state index contributed by atoms with van der Waals surface area (Å²) in [5.74, 6) is 0.427. The monoisotopic (exact) mass is 327 g/mol. The standard InChI is InChI=1S/C16H17N5O3/c1-24-15-9-7-13(8-10-15)11-18-20(16(17)19-21(22)23)12-14-5-3-2-4-6-14/h2-11H,12H2,1H3,(H2,17,19)/b18-11+. The van der Waals surface area contributed by atoms with Crippen molar-refractivity contribution in [3.8, 4) is 5.75 Å². The fraction of sp³-hybridized carbons (Fsp3) is 0.125. The molecule has 0 aliphatic carbocycles. The van der Waals surface area contributed by atoms with Crippen molar-refractivity contribution in [2.75, 3.05) is 7.11 Å². The second-order valence-corrected chi connectivity index (χ2v) is 4.76. The highest BCUT2D eigenvalue weighted by atomic mass is 16.7. The van der Waals surface area contributed by atoms with Crippen molar-refractivity contribution in [3.63, 3.8) is 0 Å². The number of nitrogens with zero attached hydrogens (tertiary/aromatic N) is 4. The molecule has 8 nitrogen and oxygen atoms in total. The molecule has 0 amide bonds. The third-order valence-electron chi connectivity index (χ3n) is 3.09. The van der Waals surface area contributed by atoms with Gasteiger partial charge in [0.15, 0.2) is 5.03 Å². The minimum absolute atomic E-state index is 0.261. The summed E-state index contributed by atoms with van der Waals surface area (Å²) in [6.45, 7) is 0.261. The van der Waals surface area contributed by atoms with Gasteiger partial charge in [-0.1, -0.05) is 30.3 Å². The van der Waals surface area contributed by atoms with Gasteiger partial charge < -0.3 is 10.5 Å². The van der Waals surface area contributed by atoms with Crippen LogP contribution >= 0.6 is 0 Å². The van der Waals surface area contributed by atoms with E-state index in [1.165, 1.54) is 5.01 Å². The molecule has 124 valence electrons. The van der Waals surface area contributed by atoms with Crippen LogP contribution in [-0.4, -0.2) is 29.3 Å². The number of methoxy groups -OCH3 is 1. The van der Waals surface area contributed by atoms with E-state index in [-0.39, 0.29) is 12.5 Å². The minimum atomic E-state index is -0.851. The number of rotatable bonds is 6. The zero-order chi connectivity index (χ0) is 17.4. The van der Waals surface area contributed by atoms with Crippen LogP contribution in [0.3, 0.4) is 0 Å². The summed E-state index contributed by atoms with van der Waals surface area (Å²) >= 11 is 0. The van der Waals surface area contributed by atoms with Crippen LogP contribution in [0, 0.1) is 10.1 Å². The van der Waals surface area contributed by atoms with Crippen molar-refractivity contribution in [1.29, 1.82) is 0 Å². The Morgan fingerprint density at radius 1 is 1.25 bits per heavy atom. The van der Waals surface area contributed by atoms with E-state index < -0.39 is 5.03 Å². The lowest BCUT2D eigenvalue weighted by molar-refractivity contribution is -0.485. The Labute approximate surface area is 139 Å². The summed E-state index contributed by atoms with van der Waals surface area (Å²) in [4.78, 5) is 10.6. The van der Waals surface area contributed by atoms with Gasteiger partial charge in [0.1, 0.15) is 10.9 Å². The largest absolute Gasteiger partial charge is 0.497 e. The van der Waals surface area contributed by atoms with Crippen molar-refractivity contribution in [2.45, 2.75) is 6.54 Å². The van der Waals surface area contributed by atoms with Gasteiger partial charge in [-0.2, -0.15) is 5.10 Å². The minimum Gasteiger partial charge on any atom is -0.497 e. The molecule has 0 unspecified atom stereocenters. The van der Waals surface area contributed by atoms with E-state index in [0.29, 0.717) is 0 Å². The number of nitrogens with two attached hydrogens (primary N) is 1. The fourth-order valence-electron chi connectivity index (χ4n) is 1.90. The molecule has 2 aromatic carbocycles. The van der Waals surface area contributed by atoms with E-state index in [0.717, 1.165) is 16.9 Å². The molecule has 0 saturated carbocycles. The quantitative estimate of drug-likeness (QED) is 0.378. The molecule has 0 bridgehead atoms. The number of guanidine groups is 1. The van der Waals surface area contributed by atoms with Crippen molar-refractivity contribution in [3.05, 3.63) is 75.8 Å². The first kappa shape index (κ1) is 16.9. The maximum absolute atomic E-state index is 10.6. The molecule has 0 aromatic heterocycles. The predicted molar refractivity (Wildman–Crippen MR) is 91.2 cm³/mol. The third-order valence-corrected chi connectivity index (χ3v) is 3.09. The molecule has 0 aliphatic rings. The van der Waals surface area contributed by atoms with E-state index in [1.54, 1.807) is 25.5 Å². The van der Waals surface area contributed by atoms with Gasteiger partial charge in [0.05, 0.1) is 19.9 Å². The van der Waals surface area contributed by atoms with Gasteiger partial charge in [-0.3, -0.25) is 0 Å².